The molecule has 0 spiro atoms. The Bertz CT molecular complexity index is 1050. The number of ether oxygens (including phenoxy) is 3. The van der Waals surface area contributed by atoms with Gasteiger partial charge in [-0.25, -0.2) is 18.4 Å². The Labute approximate surface area is 168 Å². The third-order valence-corrected chi connectivity index (χ3v) is 5.11. The van der Waals surface area contributed by atoms with E-state index in [-0.39, 0.29) is 28.6 Å². The van der Waals surface area contributed by atoms with Crippen molar-refractivity contribution in [2.75, 3.05) is 26.1 Å². The number of hydrogen-bond acceptors (Lipinski definition) is 7. The number of anilines is 1. The quantitative estimate of drug-likeness (QED) is 0.649. The number of benzene rings is 2. The van der Waals surface area contributed by atoms with E-state index in [2.05, 4.69) is 10.1 Å². The zero-order chi connectivity index (χ0) is 21.8. The molecule has 29 heavy (non-hydrogen) atoms. The summed E-state index contributed by atoms with van der Waals surface area (Å²) in [6.45, 7) is 3.16. The van der Waals surface area contributed by atoms with Crippen molar-refractivity contribution in [1.82, 2.24) is 0 Å². The molecule has 0 saturated heterocycles. The largest absolute Gasteiger partial charge is 0.493 e. The molecule has 0 aliphatic carbocycles. The summed E-state index contributed by atoms with van der Waals surface area (Å²) in [6.07, 6.45) is 0. The van der Waals surface area contributed by atoms with Crippen LogP contribution in [0.1, 0.15) is 21.5 Å². The first-order valence-electron chi connectivity index (χ1n) is 8.40. The van der Waals surface area contributed by atoms with Crippen molar-refractivity contribution in [3.63, 3.8) is 0 Å². The van der Waals surface area contributed by atoms with Crippen LogP contribution in [0, 0.1) is 13.8 Å². The van der Waals surface area contributed by atoms with Crippen LogP contribution in [-0.2, 0) is 19.6 Å². The number of amides is 1. The fourth-order valence-corrected chi connectivity index (χ4v) is 3.06. The van der Waals surface area contributed by atoms with E-state index in [1.807, 2.05) is 0 Å². The molecule has 2 aromatic carbocycles. The van der Waals surface area contributed by atoms with E-state index in [9.17, 15) is 18.0 Å². The van der Waals surface area contributed by atoms with E-state index >= 15 is 0 Å². The zero-order valence-electron chi connectivity index (χ0n) is 16.4. The molecule has 2 rings (SSSR count). The first-order chi connectivity index (χ1) is 13.6. The van der Waals surface area contributed by atoms with Crippen LogP contribution in [0.15, 0.2) is 35.2 Å². The molecule has 0 aliphatic heterocycles. The highest BCUT2D eigenvalue weighted by atomic mass is 32.2. The average Bonchev–Trinajstić information content (AvgIpc) is 2.68. The van der Waals surface area contributed by atoms with Gasteiger partial charge in [0.2, 0.25) is 10.0 Å². The smallest absolute Gasteiger partial charge is 0.343 e. The van der Waals surface area contributed by atoms with Crippen molar-refractivity contribution in [1.29, 1.82) is 0 Å². The number of rotatable bonds is 7. The number of sulfonamides is 1. The van der Waals surface area contributed by atoms with Crippen molar-refractivity contribution in [2.45, 2.75) is 18.7 Å². The molecule has 1 amide bonds. The molecule has 0 aromatic heterocycles. The van der Waals surface area contributed by atoms with Crippen LogP contribution in [0.2, 0.25) is 0 Å². The monoisotopic (exact) mass is 422 g/mol. The molecule has 9 nitrogen and oxygen atoms in total. The lowest BCUT2D eigenvalue weighted by molar-refractivity contribution is -0.142. The number of carbonyl (C=O) groups is 2. The highest BCUT2D eigenvalue weighted by Gasteiger charge is 2.17. The molecule has 156 valence electrons. The Morgan fingerprint density at radius 1 is 1.07 bits per heavy atom. The van der Waals surface area contributed by atoms with Crippen LogP contribution in [0.25, 0.3) is 0 Å². The Morgan fingerprint density at radius 2 is 1.76 bits per heavy atom. The Hall–Kier alpha value is -3.11. The summed E-state index contributed by atoms with van der Waals surface area (Å²) in [7, 11) is -1.29. The fourth-order valence-electron chi connectivity index (χ4n) is 2.44. The van der Waals surface area contributed by atoms with Gasteiger partial charge in [0.05, 0.1) is 19.1 Å². The first-order valence-corrected chi connectivity index (χ1v) is 9.94. The molecule has 0 bridgehead atoms. The lowest BCUT2D eigenvalue weighted by Crippen LogP contribution is -2.17. The summed E-state index contributed by atoms with van der Waals surface area (Å²) < 4.78 is 38.3. The van der Waals surface area contributed by atoms with E-state index in [1.165, 1.54) is 44.6 Å². The summed E-state index contributed by atoms with van der Waals surface area (Å²) in [6, 6.07) is 7.15. The number of hydrogen-bond donors (Lipinski definition) is 2. The summed E-state index contributed by atoms with van der Waals surface area (Å²) in [4.78, 5) is 23.8. The first kappa shape index (κ1) is 22.2. The second-order valence-electron chi connectivity index (χ2n) is 6.14. The number of primary sulfonamides is 1. The third kappa shape index (κ3) is 5.46. The van der Waals surface area contributed by atoms with Crippen molar-refractivity contribution >= 4 is 27.6 Å². The van der Waals surface area contributed by atoms with Crippen LogP contribution in [0.4, 0.5) is 5.69 Å². The van der Waals surface area contributed by atoms with Crippen LogP contribution >= 0.6 is 0 Å². The van der Waals surface area contributed by atoms with Crippen LogP contribution in [0.3, 0.4) is 0 Å². The molecule has 0 heterocycles. The van der Waals surface area contributed by atoms with E-state index < -0.39 is 21.9 Å². The molecule has 0 unspecified atom stereocenters. The lowest BCUT2D eigenvalue weighted by atomic mass is 10.1. The molecule has 10 heteroatoms. The van der Waals surface area contributed by atoms with E-state index in [0.29, 0.717) is 16.8 Å². The SMILES string of the molecule is COC(=O)COc1ccc(C(=O)Nc2cc(S(N)(=O)=O)cc(C)c2C)cc1OC. The Kier molecular flexibility index (Phi) is 6.83. The molecule has 0 fully saturated rings. The van der Waals surface area contributed by atoms with Gasteiger partial charge >= 0.3 is 5.97 Å². The number of methoxy groups -OCH3 is 2. The number of aryl methyl sites for hydroxylation is 1. The normalized spacial score (nSPS) is 10.9. The molecule has 0 radical (unpaired) electrons. The third-order valence-electron chi connectivity index (χ3n) is 4.22. The predicted octanol–water partition coefficient (Wildman–Crippen LogP) is 1.76. The molecule has 0 atom stereocenters. The van der Waals surface area contributed by atoms with Gasteiger partial charge in [-0.1, -0.05) is 0 Å². The van der Waals surface area contributed by atoms with Gasteiger partial charge in [0, 0.05) is 11.3 Å². The lowest BCUT2D eigenvalue weighted by Gasteiger charge is -2.14. The fraction of sp³-hybridized carbons (Fsp3) is 0.263. The molecular formula is C19H22N2O7S. The summed E-state index contributed by atoms with van der Waals surface area (Å²) in [5.74, 6) is -0.545. The highest BCUT2D eigenvalue weighted by molar-refractivity contribution is 7.89. The number of nitrogens with one attached hydrogen (secondary N) is 1. The summed E-state index contributed by atoms with van der Waals surface area (Å²) in [5, 5.41) is 7.88. The number of esters is 1. The number of carbonyl (C=O) groups excluding carboxylic acids is 2. The van der Waals surface area contributed by atoms with Crippen LogP contribution in [-0.4, -0.2) is 41.1 Å². The van der Waals surface area contributed by atoms with Crippen molar-refractivity contribution in [3.8, 4) is 11.5 Å². The van der Waals surface area contributed by atoms with E-state index in [0.717, 1.165) is 0 Å². The van der Waals surface area contributed by atoms with Crippen LogP contribution < -0.4 is 19.9 Å². The maximum absolute atomic E-state index is 12.7. The van der Waals surface area contributed by atoms with Crippen molar-refractivity contribution in [2.24, 2.45) is 5.14 Å². The van der Waals surface area contributed by atoms with Crippen molar-refractivity contribution < 1.29 is 32.2 Å². The maximum atomic E-state index is 12.7. The zero-order valence-corrected chi connectivity index (χ0v) is 17.3. The summed E-state index contributed by atoms with van der Waals surface area (Å²) in [5.41, 5.74) is 1.93. The topological polar surface area (TPSA) is 134 Å². The number of nitrogens with two attached hydrogens (primary N) is 1. The second-order valence-corrected chi connectivity index (χ2v) is 7.70. The maximum Gasteiger partial charge on any atom is 0.343 e. The molecule has 0 saturated carbocycles. The molecule has 0 aliphatic rings. The minimum absolute atomic E-state index is 0.0972. The van der Waals surface area contributed by atoms with E-state index in [1.54, 1.807) is 13.8 Å². The standard InChI is InChI=1S/C19H22N2O7S/c1-11-7-14(29(20,24)25)9-15(12(11)2)21-19(23)13-5-6-16(17(8-13)26-3)28-10-18(22)27-4/h5-9H,10H2,1-4H3,(H,21,23)(H2,20,24,25). The van der Waals surface area contributed by atoms with Crippen LogP contribution in [0.5, 0.6) is 11.5 Å². The second kappa shape index (κ2) is 8.93. The van der Waals surface area contributed by atoms with Gasteiger partial charge in [-0.2, -0.15) is 0 Å². The van der Waals surface area contributed by atoms with Gasteiger partial charge in [-0.15, -0.1) is 0 Å². The molecule has 2 aromatic rings. The Morgan fingerprint density at radius 3 is 2.34 bits per heavy atom. The van der Waals surface area contributed by atoms with Gasteiger partial charge in [0.1, 0.15) is 0 Å². The summed E-state index contributed by atoms with van der Waals surface area (Å²) >= 11 is 0. The minimum atomic E-state index is -3.92. The van der Waals surface area contributed by atoms with Gasteiger partial charge in [-0.05, 0) is 55.3 Å². The van der Waals surface area contributed by atoms with Gasteiger partial charge in [0.15, 0.2) is 18.1 Å². The van der Waals surface area contributed by atoms with Gasteiger partial charge in [0.25, 0.3) is 5.91 Å². The Balaban J connectivity index is 2.29. The highest BCUT2D eigenvalue weighted by Crippen LogP contribution is 2.29. The predicted molar refractivity (Wildman–Crippen MR) is 106 cm³/mol. The molecule has 3 N–H and O–H groups in total. The minimum Gasteiger partial charge on any atom is -0.493 e. The van der Waals surface area contributed by atoms with Crippen molar-refractivity contribution in [3.05, 3.63) is 47.0 Å². The molecular weight excluding hydrogens is 400 g/mol. The van der Waals surface area contributed by atoms with Gasteiger partial charge < -0.3 is 19.5 Å². The van der Waals surface area contributed by atoms with Gasteiger partial charge in [-0.3, -0.25) is 4.79 Å². The van der Waals surface area contributed by atoms with E-state index in [4.69, 9.17) is 14.6 Å². The average molecular weight is 422 g/mol.